The van der Waals surface area contributed by atoms with Crippen LogP contribution in [0.5, 0.6) is 0 Å². The highest BCUT2D eigenvalue weighted by molar-refractivity contribution is 6.42. The Morgan fingerprint density at radius 3 is 2.54 bits per heavy atom. The topological polar surface area (TPSA) is 77.6 Å². The molecular weight excluding hydrogens is 521 g/mol. The minimum absolute atomic E-state index is 0.172. The number of rotatable bonds is 7. The summed E-state index contributed by atoms with van der Waals surface area (Å²) in [4.78, 5) is 17.4. The summed E-state index contributed by atoms with van der Waals surface area (Å²) in [5, 5.41) is 12.6. The molecule has 5 aromatic rings. The molecular formula is C26H20Cl2F2N6O. The van der Waals surface area contributed by atoms with E-state index in [9.17, 15) is 13.6 Å². The number of carbonyl (C=O) groups is 1. The molecule has 5 rings (SSSR count). The molecule has 3 aromatic heterocycles. The number of aromatic nitrogens is 5. The average molecular weight is 541 g/mol. The first-order valence-corrected chi connectivity index (χ1v) is 12.0. The number of aryl methyl sites for hydroxylation is 1. The van der Waals surface area contributed by atoms with Crippen LogP contribution >= 0.6 is 23.2 Å². The predicted molar refractivity (Wildman–Crippen MR) is 139 cm³/mol. The smallest absolute Gasteiger partial charge is 0.264 e. The van der Waals surface area contributed by atoms with Crippen LogP contribution in [-0.2, 0) is 17.9 Å². The molecule has 0 aliphatic rings. The second kappa shape index (κ2) is 10.3. The van der Waals surface area contributed by atoms with Crippen LogP contribution in [0.25, 0.3) is 22.3 Å². The van der Waals surface area contributed by atoms with Gasteiger partial charge >= 0.3 is 0 Å². The van der Waals surface area contributed by atoms with Gasteiger partial charge in [-0.15, -0.1) is 0 Å². The second-order valence-corrected chi connectivity index (χ2v) is 9.21. The first kappa shape index (κ1) is 24.9. The first-order valence-electron chi connectivity index (χ1n) is 11.3. The van der Waals surface area contributed by atoms with Crippen molar-refractivity contribution in [1.82, 2.24) is 24.5 Å². The summed E-state index contributed by atoms with van der Waals surface area (Å²) in [5.41, 5.74) is 2.38. The van der Waals surface area contributed by atoms with E-state index in [1.165, 1.54) is 10.7 Å². The van der Waals surface area contributed by atoms with E-state index in [-0.39, 0.29) is 23.1 Å². The number of carbonyl (C=O) groups excluding carboxylic acids is 1. The molecule has 0 saturated heterocycles. The molecule has 0 atom stereocenters. The third kappa shape index (κ3) is 5.33. The van der Waals surface area contributed by atoms with Gasteiger partial charge in [-0.25, -0.2) is 18.4 Å². The van der Waals surface area contributed by atoms with Crippen molar-refractivity contribution in [3.8, 4) is 11.3 Å². The maximum Gasteiger partial charge on any atom is 0.264 e. The summed E-state index contributed by atoms with van der Waals surface area (Å²) in [7, 11) is 0. The normalized spacial score (nSPS) is 11.4. The van der Waals surface area contributed by atoms with Crippen molar-refractivity contribution >= 4 is 46.0 Å². The van der Waals surface area contributed by atoms with E-state index >= 15 is 0 Å². The quantitative estimate of drug-likeness (QED) is 0.254. The Kier molecular flexibility index (Phi) is 6.90. The van der Waals surface area contributed by atoms with Crippen molar-refractivity contribution < 1.29 is 13.6 Å². The van der Waals surface area contributed by atoms with Gasteiger partial charge in [0.05, 0.1) is 33.4 Å². The van der Waals surface area contributed by atoms with Crippen LogP contribution in [0.2, 0.25) is 10.0 Å². The third-order valence-corrected chi connectivity index (χ3v) is 6.48. The van der Waals surface area contributed by atoms with Gasteiger partial charge in [-0.1, -0.05) is 59.6 Å². The lowest BCUT2D eigenvalue weighted by molar-refractivity contribution is -0.116. The van der Waals surface area contributed by atoms with Crippen LogP contribution in [0, 0.1) is 6.92 Å². The fourth-order valence-electron chi connectivity index (χ4n) is 4.09. The molecule has 7 nitrogen and oxygen atoms in total. The van der Waals surface area contributed by atoms with Crippen LogP contribution in [0.15, 0.2) is 66.9 Å². The Balaban J connectivity index is 1.38. The van der Waals surface area contributed by atoms with Gasteiger partial charge in [0.25, 0.3) is 6.43 Å². The predicted octanol–water partition coefficient (Wildman–Crippen LogP) is 6.53. The molecule has 0 radical (unpaired) electrons. The summed E-state index contributed by atoms with van der Waals surface area (Å²) >= 11 is 12.0. The van der Waals surface area contributed by atoms with E-state index in [2.05, 4.69) is 20.5 Å². The van der Waals surface area contributed by atoms with E-state index in [1.54, 1.807) is 60.3 Å². The lowest BCUT2D eigenvalue weighted by atomic mass is 10.1. The molecule has 1 N–H and O–H groups in total. The first-order chi connectivity index (χ1) is 17.8. The van der Waals surface area contributed by atoms with Crippen LogP contribution in [-0.4, -0.2) is 30.5 Å². The fourth-order valence-corrected chi connectivity index (χ4v) is 4.41. The Bertz CT molecular complexity index is 1600. The summed E-state index contributed by atoms with van der Waals surface area (Å²) < 4.78 is 30.9. The molecule has 0 fully saturated rings. The molecule has 11 heteroatoms. The van der Waals surface area contributed by atoms with Crippen LogP contribution in [0.3, 0.4) is 0 Å². The number of fused-ring (bicyclic) bond motifs is 1. The largest absolute Gasteiger partial charge is 0.308 e. The lowest BCUT2D eigenvalue weighted by Crippen LogP contribution is -2.20. The highest BCUT2D eigenvalue weighted by atomic mass is 35.5. The van der Waals surface area contributed by atoms with Gasteiger partial charge in [0.1, 0.15) is 6.54 Å². The van der Waals surface area contributed by atoms with Gasteiger partial charge in [0.15, 0.2) is 11.5 Å². The number of benzene rings is 2. The second-order valence-electron chi connectivity index (χ2n) is 8.40. The van der Waals surface area contributed by atoms with Crippen LogP contribution in [0.4, 0.5) is 14.6 Å². The van der Waals surface area contributed by atoms with Gasteiger partial charge in [-0.2, -0.15) is 10.2 Å². The fraction of sp³-hybridized carbons (Fsp3) is 0.154. The van der Waals surface area contributed by atoms with E-state index in [0.717, 1.165) is 5.56 Å². The number of amides is 1. The van der Waals surface area contributed by atoms with Crippen molar-refractivity contribution in [1.29, 1.82) is 0 Å². The Morgan fingerprint density at radius 2 is 1.81 bits per heavy atom. The Hall–Kier alpha value is -3.82. The number of halogens is 4. The molecule has 0 saturated carbocycles. The van der Waals surface area contributed by atoms with Crippen LogP contribution in [0.1, 0.15) is 23.2 Å². The van der Waals surface area contributed by atoms with Crippen molar-refractivity contribution in [2.45, 2.75) is 26.4 Å². The molecule has 3 heterocycles. The summed E-state index contributed by atoms with van der Waals surface area (Å²) in [5.74, 6) is -0.0841. The minimum atomic E-state index is -2.72. The zero-order valence-corrected chi connectivity index (χ0v) is 21.0. The molecule has 2 aromatic carbocycles. The maximum absolute atomic E-state index is 14.0. The zero-order valence-electron chi connectivity index (χ0n) is 19.5. The molecule has 0 spiro atoms. The molecule has 0 aliphatic carbocycles. The summed E-state index contributed by atoms with van der Waals surface area (Å²) in [6, 6.07) is 17.3. The van der Waals surface area contributed by atoms with E-state index in [0.29, 0.717) is 39.4 Å². The van der Waals surface area contributed by atoms with Crippen LogP contribution < -0.4 is 5.32 Å². The average Bonchev–Trinajstić information content (AvgIpc) is 3.44. The zero-order chi connectivity index (χ0) is 26.1. The molecule has 0 bridgehead atoms. The van der Waals surface area contributed by atoms with Gasteiger partial charge in [0.2, 0.25) is 5.91 Å². The summed E-state index contributed by atoms with van der Waals surface area (Å²) in [6.07, 6.45) is -1.01. The molecule has 0 aliphatic heterocycles. The Labute approximate surface area is 220 Å². The number of pyridine rings is 1. The number of anilines is 1. The number of nitrogens with one attached hydrogen (secondary N) is 1. The number of nitrogens with zero attached hydrogens (tertiary/aromatic N) is 5. The monoisotopic (exact) mass is 540 g/mol. The maximum atomic E-state index is 14.0. The van der Waals surface area contributed by atoms with Crippen molar-refractivity contribution in [2.75, 3.05) is 5.32 Å². The van der Waals surface area contributed by atoms with E-state index in [4.69, 9.17) is 23.2 Å². The van der Waals surface area contributed by atoms with Gasteiger partial charge < -0.3 is 5.32 Å². The third-order valence-electron chi connectivity index (χ3n) is 5.74. The standard InChI is InChI=1S/C26H20Cl2F2N6O/c1-15-24-18(25(29)30)12-21(17-5-3-2-4-6-17)31-26(24)36(33-15)14-23(37)32-22-9-10-35(34-22)13-16-7-8-19(27)20(28)11-16/h2-12,25H,13-14H2,1H3,(H,32,34,37). The number of hydrogen-bond acceptors (Lipinski definition) is 4. The van der Waals surface area contributed by atoms with Crippen molar-refractivity contribution in [2.24, 2.45) is 0 Å². The summed E-state index contributed by atoms with van der Waals surface area (Å²) in [6.45, 7) is 1.83. The molecule has 0 unspecified atom stereocenters. The molecule has 37 heavy (non-hydrogen) atoms. The molecule has 1 amide bonds. The highest BCUT2D eigenvalue weighted by Gasteiger charge is 2.22. The molecule has 188 valence electrons. The lowest BCUT2D eigenvalue weighted by Gasteiger charge is -2.09. The van der Waals surface area contributed by atoms with Gasteiger partial charge in [-0.3, -0.25) is 9.48 Å². The van der Waals surface area contributed by atoms with Gasteiger partial charge in [0, 0.05) is 23.4 Å². The number of hydrogen-bond donors (Lipinski definition) is 1. The Morgan fingerprint density at radius 1 is 1.03 bits per heavy atom. The van der Waals surface area contributed by atoms with Crippen molar-refractivity contribution in [3.05, 3.63) is 93.7 Å². The minimum Gasteiger partial charge on any atom is -0.308 e. The van der Waals surface area contributed by atoms with E-state index < -0.39 is 12.3 Å². The SMILES string of the molecule is Cc1nn(CC(=O)Nc2ccn(Cc3ccc(Cl)c(Cl)c3)n2)c2nc(-c3ccccc3)cc(C(F)F)c12. The van der Waals surface area contributed by atoms with Gasteiger partial charge in [-0.05, 0) is 30.7 Å². The number of alkyl halides is 2. The van der Waals surface area contributed by atoms with Crippen molar-refractivity contribution in [3.63, 3.8) is 0 Å². The highest BCUT2D eigenvalue weighted by Crippen LogP contribution is 2.33. The van der Waals surface area contributed by atoms with E-state index in [1.807, 2.05) is 12.1 Å².